The van der Waals surface area contributed by atoms with Gasteiger partial charge in [-0.25, -0.2) is 4.79 Å². The molecule has 2 N–H and O–H groups in total. The fourth-order valence-electron chi connectivity index (χ4n) is 1.94. The van der Waals surface area contributed by atoms with Crippen LogP contribution < -0.4 is 10.6 Å². The topological polar surface area (TPSA) is 63.2 Å². The molecule has 2 aromatic rings. The van der Waals surface area contributed by atoms with Gasteiger partial charge in [-0.05, 0) is 23.3 Å². The van der Waals surface area contributed by atoms with Crippen LogP contribution in [0.4, 0.5) is 4.79 Å². The minimum Gasteiger partial charge on any atom is -0.380 e. The molecule has 0 fully saturated rings. The van der Waals surface area contributed by atoms with E-state index in [0.29, 0.717) is 19.7 Å². The van der Waals surface area contributed by atoms with E-state index in [1.54, 1.807) is 13.3 Å². The summed E-state index contributed by atoms with van der Waals surface area (Å²) in [6, 6.07) is 13.3. The molecule has 5 heteroatoms. The second-order valence-corrected chi connectivity index (χ2v) is 4.56. The number of pyridine rings is 1. The molecule has 0 radical (unpaired) electrons. The molecule has 0 aliphatic heterocycles. The average molecular weight is 285 g/mol. The second kappa shape index (κ2) is 8.01. The van der Waals surface area contributed by atoms with E-state index in [1.165, 1.54) is 0 Å². The fraction of sp³-hybridized carbons (Fsp3) is 0.250. The highest BCUT2D eigenvalue weighted by Crippen LogP contribution is 2.09. The molecule has 1 aromatic heterocycles. The maximum absolute atomic E-state index is 11.8. The van der Waals surface area contributed by atoms with Crippen LogP contribution in [0, 0.1) is 0 Å². The Kier molecular flexibility index (Phi) is 5.72. The number of nitrogens with zero attached hydrogens (tertiary/aromatic N) is 1. The van der Waals surface area contributed by atoms with Gasteiger partial charge >= 0.3 is 6.03 Å². The lowest BCUT2D eigenvalue weighted by atomic mass is 10.1. The molecule has 0 aliphatic carbocycles. The highest BCUT2D eigenvalue weighted by molar-refractivity contribution is 5.73. The standard InChI is InChI=1S/C16H19N3O2/c1-21-12-14-7-3-2-6-13(14)10-18-16(20)19-11-15-8-4-5-9-17-15/h2-9H,10-12H2,1H3,(H2,18,19,20). The molecule has 0 saturated carbocycles. The number of amides is 2. The third-order valence-corrected chi connectivity index (χ3v) is 3.01. The number of ether oxygens (including phenoxy) is 1. The molecule has 110 valence electrons. The summed E-state index contributed by atoms with van der Waals surface area (Å²) in [6.07, 6.45) is 1.70. The molecule has 5 nitrogen and oxygen atoms in total. The summed E-state index contributed by atoms with van der Waals surface area (Å²) in [5.74, 6) is 0. The van der Waals surface area contributed by atoms with E-state index in [-0.39, 0.29) is 6.03 Å². The molecule has 2 rings (SSSR count). The first kappa shape index (κ1) is 15.0. The first-order valence-corrected chi connectivity index (χ1v) is 6.77. The Morgan fingerprint density at radius 3 is 2.48 bits per heavy atom. The summed E-state index contributed by atoms with van der Waals surface area (Å²) in [6.45, 7) is 1.41. The van der Waals surface area contributed by atoms with Crippen molar-refractivity contribution in [2.45, 2.75) is 19.7 Å². The van der Waals surface area contributed by atoms with Crippen molar-refractivity contribution in [3.8, 4) is 0 Å². The summed E-state index contributed by atoms with van der Waals surface area (Å²) in [5.41, 5.74) is 2.95. The van der Waals surface area contributed by atoms with Crippen LogP contribution in [0.25, 0.3) is 0 Å². The third kappa shape index (κ3) is 4.89. The summed E-state index contributed by atoms with van der Waals surface area (Å²) in [5, 5.41) is 5.61. The summed E-state index contributed by atoms with van der Waals surface area (Å²) in [7, 11) is 1.66. The van der Waals surface area contributed by atoms with E-state index in [0.717, 1.165) is 16.8 Å². The van der Waals surface area contributed by atoms with Crippen LogP contribution in [-0.4, -0.2) is 18.1 Å². The van der Waals surface area contributed by atoms with Gasteiger partial charge in [-0.2, -0.15) is 0 Å². The molecule has 0 atom stereocenters. The van der Waals surface area contributed by atoms with Crippen molar-refractivity contribution in [3.63, 3.8) is 0 Å². The number of aromatic nitrogens is 1. The average Bonchev–Trinajstić information content (AvgIpc) is 2.53. The first-order valence-electron chi connectivity index (χ1n) is 6.77. The van der Waals surface area contributed by atoms with Crippen molar-refractivity contribution in [3.05, 3.63) is 65.5 Å². The number of rotatable bonds is 6. The van der Waals surface area contributed by atoms with Crippen LogP contribution >= 0.6 is 0 Å². The number of carbonyl (C=O) groups is 1. The lowest BCUT2D eigenvalue weighted by molar-refractivity contribution is 0.184. The van der Waals surface area contributed by atoms with E-state index in [2.05, 4.69) is 15.6 Å². The monoisotopic (exact) mass is 285 g/mol. The minimum absolute atomic E-state index is 0.215. The predicted molar refractivity (Wildman–Crippen MR) is 80.5 cm³/mol. The van der Waals surface area contributed by atoms with E-state index in [4.69, 9.17) is 4.74 Å². The molecule has 0 unspecified atom stereocenters. The maximum atomic E-state index is 11.8. The lowest BCUT2D eigenvalue weighted by Gasteiger charge is -2.11. The van der Waals surface area contributed by atoms with E-state index >= 15 is 0 Å². The maximum Gasteiger partial charge on any atom is 0.315 e. The molecule has 0 saturated heterocycles. The Balaban J connectivity index is 1.81. The van der Waals surface area contributed by atoms with Gasteiger partial charge in [0.05, 0.1) is 18.8 Å². The highest BCUT2D eigenvalue weighted by atomic mass is 16.5. The zero-order valence-electron chi connectivity index (χ0n) is 12.0. The zero-order valence-corrected chi connectivity index (χ0v) is 12.0. The number of hydrogen-bond acceptors (Lipinski definition) is 3. The molecule has 0 aliphatic rings. The Bertz CT molecular complexity index is 573. The van der Waals surface area contributed by atoms with Crippen LogP contribution in [0.1, 0.15) is 16.8 Å². The first-order chi connectivity index (χ1) is 10.3. The molecule has 1 heterocycles. The summed E-state index contributed by atoms with van der Waals surface area (Å²) in [4.78, 5) is 15.9. The predicted octanol–water partition coefficient (Wildman–Crippen LogP) is 2.23. The number of urea groups is 1. The molecule has 21 heavy (non-hydrogen) atoms. The van der Waals surface area contributed by atoms with Gasteiger partial charge in [0.2, 0.25) is 0 Å². The highest BCUT2D eigenvalue weighted by Gasteiger charge is 2.04. The van der Waals surface area contributed by atoms with Crippen molar-refractivity contribution in [1.29, 1.82) is 0 Å². The Morgan fingerprint density at radius 2 is 1.76 bits per heavy atom. The van der Waals surface area contributed by atoms with E-state index in [1.807, 2.05) is 42.5 Å². The summed E-state index contributed by atoms with van der Waals surface area (Å²) >= 11 is 0. The largest absolute Gasteiger partial charge is 0.380 e. The van der Waals surface area contributed by atoms with Crippen molar-refractivity contribution < 1.29 is 9.53 Å². The van der Waals surface area contributed by atoms with Gasteiger partial charge in [-0.1, -0.05) is 30.3 Å². The van der Waals surface area contributed by atoms with Gasteiger partial charge in [0.1, 0.15) is 0 Å². The van der Waals surface area contributed by atoms with Crippen LogP contribution in [0.3, 0.4) is 0 Å². The lowest BCUT2D eigenvalue weighted by Crippen LogP contribution is -2.35. The smallest absolute Gasteiger partial charge is 0.315 e. The number of carbonyl (C=O) groups excluding carboxylic acids is 1. The molecule has 2 amide bonds. The Morgan fingerprint density at radius 1 is 1.05 bits per heavy atom. The number of benzene rings is 1. The normalized spacial score (nSPS) is 10.1. The minimum atomic E-state index is -0.215. The van der Waals surface area contributed by atoms with E-state index < -0.39 is 0 Å². The van der Waals surface area contributed by atoms with Gasteiger partial charge < -0.3 is 15.4 Å². The van der Waals surface area contributed by atoms with Gasteiger partial charge in [-0.3, -0.25) is 4.98 Å². The SMILES string of the molecule is COCc1ccccc1CNC(=O)NCc1ccccn1. The molecular weight excluding hydrogens is 266 g/mol. The third-order valence-electron chi connectivity index (χ3n) is 3.01. The molecule has 0 spiro atoms. The van der Waals surface area contributed by atoms with Crippen LogP contribution in [0.5, 0.6) is 0 Å². The van der Waals surface area contributed by atoms with Crippen LogP contribution in [0.15, 0.2) is 48.7 Å². The number of hydrogen-bond donors (Lipinski definition) is 2. The van der Waals surface area contributed by atoms with E-state index in [9.17, 15) is 4.79 Å². The number of nitrogens with one attached hydrogen (secondary N) is 2. The van der Waals surface area contributed by atoms with Crippen LogP contribution in [0.2, 0.25) is 0 Å². The molecular formula is C16H19N3O2. The quantitative estimate of drug-likeness (QED) is 0.855. The van der Waals surface area contributed by atoms with Gasteiger partial charge in [-0.15, -0.1) is 0 Å². The van der Waals surface area contributed by atoms with Gasteiger partial charge in [0.15, 0.2) is 0 Å². The van der Waals surface area contributed by atoms with Crippen molar-refractivity contribution in [2.75, 3.05) is 7.11 Å². The van der Waals surface area contributed by atoms with Gasteiger partial charge in [0, 0.05) is 19.9 Å². The Hall–Kier alpha value is -2.40. The van der Waals surface area contributed by atoms with Crippen molar-refractivity contribution >= 4 is 6.03 Å². The molecule has 1 aromatic carbocycles. The van der Waals surface area contributed by atoms with Crippen LogP contribution in [-0.2, 0) is 24.4 Å². The number of methoxy groups -OCH3 is 1. The summed E-state index contributed by atoms with van der Waals surface area (Å²) < 4.78 is 5.14. The zero-order chi connectivity index (χ0) is 14.9. The van der Waals surface area contributed by atoms with Crippen molar-refractivity contribution in [1.82, 2.24) is 15.6 Å². The van der Waals surface area contributed by atoms with Gasteiger partial charge in [0.25, 0.3) is 0 Å². The molecule has 0 bridgehead atoms. The second-order valence-electron chi connectivity index (χ2n) is 4.56. The fourth-order valence-corrected chi connectivity index (χ4v) is 1.94. The van der Waals surface area contributed by atoms with Crippen molar-refractivity contribution in [2.24, 2.45) is 0 Å². The Labute approximate surface area is 124 Å².